The maximum atomic E-state index is 12.3. The molecule has 106 valence electrons. The number of nitrogens with zero attached hydrogens (tertiary/aromatic N) is 4. The number of aromatic nitrogens is 3. The van der Waals surface area contributed by atoms with Crippen molar-refractivity contribution in [3.05, 3.63) is 34.6 Å². The van der Waals surface area contributed by atoms with Crippen molar-refractivity contribution in [3.8, 4) is 0 Å². The fourth-order valence-electron chi connectivity index (χ4n) is 1.81. The molecule has 7 heteroatoms. The number of ether oxygens (including phenoxy) is 1. The van der Waals surface area contributed by atoms with Gasteiger partial charge in [-0.3, -0.25) is 14.5 Å². The summed E-state index contributed by atoms with van der Waals surface area (Å²) < 4.78 is 5.86. The Morgan fingerprint density at radius 3 is 2.85 bits per heavy atom. The number of methoxy groups -OCH3 is 1. The predicted octanol–water partition coefficient (Wildman–Crippen LogP) is 0.244. The first kappa shape index (κ1) is 14.1. The lowest BCUT2D eigenvalue weighted by Crippen LogP contribution is -2.37. The monoisotopic (exact) mass is 276 g/mol. The molecule has 0 aliphatic carbocycles. The molecule has 0 atom stereocenters. The third kappa shape index (κ3) is 3.00. The summed E-state index contributed by atoms with van der Waals surface area (Å²) in [5.41, 5.74) is 0.337. The summed E-state index contributed by atoms with van der Waals surface area (Å²) >= 11 is 0. The number of esters is 1. The van der Waals surface area contributed by atoms with Crippen LogP contribution >= 0.6 is 0 Å². The zero-order valence-electron chi connectivity index (χ0n) is 11.4. The number of hydrogen-bond donors (Lipinski definition) is 0. The Kier molecular flexibility index (Phi) is 4.41. The second kappa shape index (κ2) is 6.25. The summed E-state index contributed by atoms with van der Waals surface area (Å²) in [7, 11) is 1.33. The molecule has 1 aromatic heterocycles. The number of fused-ring (bicyclic) bond motifs is 1. The van der Waals surface area contributed by atoms with Gasteiger partial charge in [-0.25, -0.2) is 0 Å². The van der Waals surface area contributed by atoms with Gasteiger partial charge in [0, 0.05) is 0 Å². The molecule has 0 bridgehead atoms. The number of carbonyl (C=O) groups excluding carboxylic acids is 1. The molecule has 0 fully saturated rings. The van der Waals surface area contributed by atoms with Crippen LogP contribution in [0.4, 0.5) is 0 Å². The molecule has 2 aromatic rings. The van der Waals surface area contributed by atoms with Crippen LogP contribution in [0.25, 0.3) is 10.9 Å². The quantitative estimate of drug-likeness (QED) is 0.728. The van der Waals surface area contributed by atoms with Gasteiger partial charge in [0.15, 0.2) is 0 Å². The molecule has 0 spiro atoms. The Morgan fingerprint density at radius 2 is 2.15 bits per heavy atom. The Morgan fingerprint density at radius 1 is 1.40 bits per heavy atom. The van der Waals surface area contributed by atoms with E-state index in [2.05, 4.69) is 15.0 Å². The molecule has 1 aromatic carbocycles. The minimum atomic E-state index is -0.353. The first-order valence-electron chi connectivity index (χ1n) is 6.27. The molecule has 0 saturated heterocycles. The van der Waals surface area contributed by atoms with E-state index in [0.29, 0.717) is 17.4 Å². The van der Waals surface area contributed by atoms with E-state index in [9.17, 15) is 9.59 Å². The van der Waals surface area contributed by atoms with Gasteiger partial charge in [-0.15, -0.1) is 5.10 Å². The van der Waals surface area contributed by atoms with E-state index >= 15 is 0 Å². The van der Waals surface area contributed by atoms with Crippen LogP contribution < -0.4 is 5.56 Å². The molecule has 2 rings (SSSR count). The van der Waals surface area contributed by atoms with Crippen LogP contribution in [0.3, 0.4) is 0 Å². The van der Waals surface area contributed by atoms with Gasteiger partial charge < -0.3 is 4.74 Å². The van der Waals surface area contributed by atoms with Gasteiger partial charge in [-0.1, -0.05) is 24.3 Å². The Hall–Kier alpha value is -2.28. The van der Waals surface area contributed by atoms with Gasteiger partial charge in [-0.05, 0) is 18.7 Å². The molecule has 1 heterocycles. The molecule has 0 N–H and O–H groups in total. The first-order chi connectivity index (χ1) is 9.65. The summed E-state index contributed by atoms with van der Waals surface area (Å²) in [5, 5.41) is 8.40. The highest BCUT2D eigenvalue weighted by atomic mass is 16.5. The average molecular weight is 276 g/mol. The lowest BCUT2D eigenvalue weighted by atomic mass is 10.2. The molecular weight excluding hydrogens is 260 g/mol. The van der Waals surface area contributed by atoms with Crippen LogP contribution in [0, 0.1) is 0 Å². The zero-order valence-corrected chi connectivity index (χ0v) is 11.4. The van der Waals surface area contributed by atoms with Crippen molar-refractivity contribution in [2.24, 2.45) is 0 Å². The van der Waals surface area contributed by atoms with Gasteiger partial charge in [0.25, 0.3) is 5.56 Å². The SMILES string of the molecule is CCN(CC(=O)OC)Cn1nnc2ccccc2c1=O. The number of benzene rings is 1. The van der Waals surface area contributed by atoms with E-state index in [1.807, 2.05) is 6.92 Å². The summed E-state index contributed by atoms with van der Waals surface area (Å²) in [6.45, 7) is 2.79. The molecule has 0 amide bonds. The van der Waals surface area contributed by atoms with Crippen molar-refractivity contribution in [1.82, 2.24) is 19.9 Å². The second-order valence-electron chi connectivity index (χ2n) is 4.27. The van der Waals surface area contributed by atoms with E-state index in [-0.39, 0.29) is 24.7 Å². The van der Waals surface area contributed by atoms with E-state index in [1.165, 1.54) is 11.8 Å². The lowest BCUT2D eigenvalue weighted by molar-refractivity contribution is -0.142. The van der Waals surface area contributed by atoms with Crippen LogP contribution in [-0.2, 0) is 16.2 Å². The van der Waals surface area contributed by atoms with E-state index in [0.717, 1.165) is 0 Å². The van der Waals surface area contributed by atoms with Crippen molar-refractivity contribution < 1.29 is 9.53 Å². The molecule has 0 radical (unpaired) electrons. The van der Waals surface area contributed by atoms with Crippen molar-refractivity contribution >= 4 is 16.9 Å². The van der Waals surface area contributed by atoms with Gasteiger partial charge >= 0.3 is 5.97 Å². The fourth-order valence-corrected chi connectivity index (χ4v) is 1.81. The van der Waals surface area contributed by atoms with E-state index < -0.39 is 0 Å². The Bertz CT molecular complexity index is 668. The van der Waals surface area contributed by atoms with Crippen LogP contribution in [-0.4, -0.2) is 46.1 Å². The third-order valence-corrected chi connectivity index (χ3v) is 2.99. The third-order valence-electron chi connectivity index (χ3n) is 2.99. The van der Waals surface area contributed by atoms with Gasteiger partial charge in [-0.2, -0.15) is 4.68 Å². The molecule has 0 aliphatic rings. The Balaban J connectivity index is 2.26. The molecular formula is C13H16N4O3. The van der Waals surface area contributed by atoms with Crippen molar-refractivity contribution in [2.45, 2.75) is 13.6 Å². The minimum absolute atomic E-state index is 0.105. The average Bonchev–Trinajstić information content (AvgIpc) is 2.49. The van der Waals surface area contributed by atoms with Gasteiger partial charge in [0.05, 0.1) is 25.7 Å². The largest absolute Gasteiger partial charge is 0.468 e. The topological polar surface area (TPSA) is 77.3 Å². The van der Waals surface area contributed by atoms with Crippen molar-refractivity contribution in [1.29, 1.82) is 0 Å². The molecule has 0 aliphatic heterocycles. The highest BCUT2D eigenvalue weighted by molar-refractivity contribution is 5.76. The smallest absolute Gasteiger partial charge is 0.319 e. The highest BCUT2D eigenvalue weighted by Crippen LogP contribution is 2.03. The lowest BCUT2D eigenvalue weighted by Gasteiger charge is -2.18. The van der Waals surface area contributed by atoms with E-state index in [4.69, 9.17) is 0 Å². The minimum Gasteiger partial charge on any atom is -0.468 e. The molecule has 0 saturated carbocycles. The van der Waals surface area contributed by atoms with Crippen LogP contribution in [0.2, 0.25) is 0 Å². The van der Waals surface area contributed by atoms with Crippen LogP contribution in [0.5, 0.6) is 0 Å². The maximum absolute atomic E-state index is 12.3. The number of hydrogen-bond acceptors (Lipinski definition) is 6. The van der Waals surface area contributed by atoms with Crippen LogP contribution in [0.1, 0.15) is 6.92 Å². The van der Waals surface area contributed by atoms with Gasteiger partial charge in [0.2, 0.25) is 0 Å². The van der Waals surface area contributed by atoms with E-state index in [1.54, 1.807) is 29.2 Å². The molecule has 0 unspecified atom stereocenters. The van der Waals surface area contributed by atoms with Crippen molar-refractivity contribution in [3.63, 3.8) is 0 Å². The summed E-state index contributed by atoms with van der Waals surface area (Å²) in [4.78, 5) is 25.3. The van der Waals surface area contributed by atoms with Crippen LogP contribution in [0.15, 0.2) is 29.1 Å². The number of likely N-dealkylation sites (N-methyl/N-ethyl adjacent to an activating group) is 1. The summed E-state index contributed by atoms with van der Waals surface area (Å²) in [6.07, 6.45) is 0. The summed E-state index contributed by atoms with van der Waals surface area (Å²) in [6, 6.07) is 7.03. The summed E-state index contributed by atoms with van der Waals surface area (Å²) in [5.74, 6) is -0.353. The van der Waals surface area contributed by atoms with Crippen molar-refractivity contribution in [2.75, 3.05) is 20.2 Å². The molecule has 7 nitrogen and oxygen atoms in total. The second-order valence-corrected chi connectivity index (χ2v) is 4.27. The normalized spacial score (nSPS) is 10.9. The number of carbonyl (C=O) groups is 1. The van der Waals surface area contributed by atoms with Gasteiger partial charge in [0.1, 0.15) is 5.52 Å². The first-order valence-corrected chi connectivity index (χ1v) is 6.27. The maximum Gasteiger partial charge on any atom is 0.319 e. The standard InChI is InChI=1S/C13H16N4O3/c1-3-16(8-12(18)20-2)9-17-13(19)10-6-4-5-7-11(10)14-15-17/h4-7H,3,8-9H2,1-2H3. The predicted molar refractivity (Wildman–Crippen MR) is 73.1 cm³/mol. The number of rotatable bonds is 5. The Labute approximate surface area is 115 Å². The zero-order chi connectivity index (χ0) is 14.5. The fraction of sp³-hybridized carbons (Fsp3) is 0.385. The highest BCUT2D eigenvalue weighted by Gasteiger charge is 2.12. The molecule has 20 heavy (non-hydrogen) atoms.